The number of hydrogen-bond donors (Lipinski definition) is 1. The third kappa shape index (κ3) is 2.65. The first-order valence-corrected chi connectivity index (χ1v) is 3.74. The number of halogens is 3. The molecule has 1 aromatic carbocycles. The van der Waals surface area contributed by atoms with Crippen molar-refractivity contribution in [2.24, 2.45) is 0 Å². The van der Waals surface area contributed by atoms with Crippen LogP contribution in [-0.4, -0.2) is 11.3 Å². The second-order valence-corrected chi connectivity index (χ2v) is 2.87. The summed E-state index contributed by atoms with van der Waals surface area (Å²) >= 11 is 0. The van der Waals surface area contributed by atoms with E-state index in [1.54, 1.807) is 13.0 Å². The van der Waals surface area contributed by atoms with E-state index in [9.17, 15) is 18.3 Å². The van der Waals surface area contributed by atoms with Crippen LogP contribution in [0.3, 0.4) is 0 Å². The maximum Gasteiger partial charge on any atom is 0.393 e. The summed E-state index contributed by atoms with van der Waals surface area (Å²) in [5.74, 6) is -0.264. The lowest BCUT2D eigenvalue weighted by atomic mass is 10.1. The van der Waals surface area contributed by atoms with Crippen molar-refractivity contribution >= 4 is 0 Å². The molecule has 0 aliphatic carbocycles. The van der Waals surface area contributed by atoms with Crippen LogP contribution in [0.25, 0.3) is 0 Å². The van der Waals surface area contributed by atoms with Crippen molar-refractivity contribution in [1.29, 1.82) is 0 Å². The number of para-hydroxylation sites is 1. The van der Waals surface area contributed by atoms with E-state index in [-0.39, 0.29) is 11.3 Å². The van der Waals surface area contributed by atoms with Crippen LogP contribution in [0.1, 0.15) is 11.1 Å². The van der Waals surface area contributed by atoms with Gasteiger partial charge in [-0.2, -0.15) is 13.2 Å². The molecule has 0 heterocycles. The minimum Gasteiger partial charge on any atom is -0.507 e. The first-order valence-electron chi connectivity index (χ1n) is 3.74. The molecule has 1 nitrogen and oxygen atoms in total. The Balaban J connectivity index is 2.96. The Hall–Kier alpha value is -1.19. The predicted octanol–water partition coefficient (Wildman–Crippen LogP) is 2.81. The summed E-state index contributed by atoms with van der Waals surface area (Å²) in [6.07, 6.45) is -5.36. The fourth-order valence-corrected chi connectivity index (χ4v) is 1.08. The van der Waals surface area contributed by atoms with Crippen molar-refractivity contribution in [3.63, 3.8) is 0 Å². The van der Waals surface area contributed by atoms with Crippen molar-refractivity contribution < 1.29 is 18.3 Å². The molecule has 0 aromatic heterocycles. The first-order chi connectivity index (χ1) is 5.90. The van der Waals surface area contributed by atoms with Crippen molar-refractivity contribution in [3.8, 4) is 5.75 Å². The van der Waals surface area contributed by atoms with Gasteiger partial charge < -0.3 is 5.11 Å². The number of aryl methyl sites for hydroxylation is 1. The van der Waals surface area contributed by atoms with Crippen LogP contribution in [0.4, 0.5) is 13.2 Å². The van der Waals surface area contributed by atoms with Gasteiger partial charge in [-0.3, -0.25) is 0 Å². The number of benzene rings is 1. The van der Waals surface area contributed by atoms with Gasteiger partial charge in [0.15, 0.2) is 0 Å². The highest BCUT2D eigenvalue weighted by Crippen LogP contribution is 2.28. The van der Waals surface area contributed by atoms with Gasteiger partial charge in [-0.25, -0.2) is 0 Å². The molecular formula is C9H9F3O. The molecular weight excluding hydrogens is 181 g/mol. The minimum atomic E-state index is -4.27. The molecule has 4 heteroatoms. The van der Waals surface area contributed by atoms with E-state index in [0.29, 0.717) is 5.56 Å². The summed E-state index contributed by atoms with van der Waals surface area (Å²) in [6.45, 7) is 1.56. The highest BCUT2D eigenvalue weighted by Gasteiger charge is 2.29. The Kier molecular flexibility index (Phi) is 2.50. The molecule has 0 amide bonds. The molecule has 0 radical (unpaired) electrons. The van der Waals surface area contributed by atoms with Gasteiger partial charge in [0.25, 0.3) is 0 Å². The molecule has 0 bridgehead atoms. The van der Waals surface area contributed by atoms with Crippen LogP contribution >= 0.6 is 0 Å². The van der Waals surface area contributed by atoms with Gasteiger partial charge in [-0.05, 0) is 12.5 Å². The highest BCUT2D eigenvalue weighted by molar-refractivity contribution is 5.39. The summed E-state index contributed by atoms with van der Waals surface area (Å²) in [6, 6.07) is 4.33. The van der Waals surface area contributed by atoms with Crippen molar-refractivity contribution in [1.82, 2.24) is 0 Å². The molecule has 1 rings (SSSR count). The van der Waals surface area contributed by atoms with E-state index < -0.39 is 12.6 Å². The number of rotatable bonds is 1. The van der Waals surface area contributed by atoms with E-state index in [0.717, 1.165) is 0 Å². The average Bonchev–Trinajstić information content (AvgIpc) is 1.96. The van der Waals surface area contributed by atoms with Crippen LogP contribution in [-0.2, 0) is 6.42 Å². The van der Waals surface area contributed by atoms with Gasteiger partial charge in [0.05, 0.1) is 6.42 Å². The van der Waals surface area contributed by atoms with E-state index in [1.807, 2.05) is 0 Å². The van der Waals surface area contributed by atoms with Gasteiger partial charge in [-0.1, -0.05) is 18.2 Å². The smallest absolute Gasteiger partial charge is 0.393 e. The standard InChI is InChI=1S/C9H9F3O/c1-6-3-2-4-7(8(6)13)5-9(10,11)12/h2-4,13H,5H2,1H3. The third-order valence-corrected chi connectivity index (χ3v) is 1.71. The van der Waals surface area contributed by atoms with E-state index in [4.69, 9.17) is 0 Å². The van der Waals surface area contributed by atoms with Crippen molar-refractivity contribution in [2.45, 2.75) is 19.5 Å². The third-order valence-electron chi connectivity index (χ3n) is 1.71. The molecule has 0 spiro atoms. The number of alkyl halides is 3. The zero-order chi connectivity index (χ0) is 10.1. The van der Waals surface area contributed by atoms with E-state index in [1.165, 1.54) is 12.1 Å². The van der Waals surface area contributed by atoms with Crippen LogP contribution < -0.4 is 0 Å². The normalized spacial score (nSPS) is 11.7. The summed E-state index contributed by atoms with van der Waals surface area (Å²) in [7, 11) is 0. The molecule has 0 fully saturated rings. The maximum absolute atomic E-state index is 11.9. The lowest BCUT2D eigenvalue weighted by molar-refractivity contribution is -0.127. The fourth-order valence-electron chi connectivity index (χ4n) is 1.08. The van der Waals surface area contributed by atoms with Gasteiger partial charge in [0.1, 0.15) is 5.75 Å². The molecule has 0 aliphatic rings. The lowest BCUT2D eigenvalue weighted by Crippen LogP contribution is -2.11. The maximum atomic E-state index is 11.9. The molecule has 0 unspecified atom stereocenters. The number of phenols is 1. The molecule has 13 heavy (non-hydrogen) atoms. The quantitative estimate of drug-likeness (QED) is 0.721. The molecule has 0 aliphatic heterocycles. The summed E-state index contributed by atoms with van der Waals surface area (Å²) in [5.41, 5.74) is 0.384. The van der Waals surface area contributed by atoms with Crippen LogP contribution in [0.5, 0.6) is 5.75 Å². The SMILES string of the molecule is Cc1cccc(CC(F)(F)F)c1O. The lowest BCUT2D eigenvalue weighted by Gasteiger charge is -2.09. The Morgan fingerprint density at radius 2 is 1.92 bits per heavy atom. The van der Waals surface area contributed by atoms with Gasteiger partial charge in [0.2, 0.25) is 0 Å². The molecule has 1 N–H and O–H groups in total. The Labute approximate surface area is 73.8 Å². The van der Waals surface area contributed by atoms with Crippen molar-refractivity contribution in [3.05, 3.63) is 29.3 Å². The number of aromatic hydroxyl groups is 1. The molecule has 0 saturated heterocycles. The van der Waals surface area contributed by atoms with Crippen LogP contribution in [0, 0.1) is 6.92 Å². The second kappa shape index (κ2) is 3.28. The summed E-state index contributed by atoms with van der Waals surface area (Å²) in [4.78, 5) is 0. The molecule has 72 valence electrons. The Bertz CT molecular complexity index is 304. The van der Waals surface area contributed by atoms with Crippen LogP contribution in [0.2, 0.25) is 0 Å². The average molecular weight is 190 g/mol. The van der Waals surface area contributed by atoms with Crippen molar-refractivity contribution in [2.75, 3.05) is 0 Å². The molecule has 1 aromatic rings. The molecule has 0 saturated carbocycles. The van der Waals surface area contributed by atoms with E-state index in [2.05, 4.69) is 0 Å². The summed E-state index contributed by atoms with van der Waals surface area (Å²) in [5, 5.41) is 9.26. The van der Waals surface area contributed by atoms with Gasteiger partial charge in [-0.15, -0.1) is 0 Å². The highest BCUT2D eigenvalue weighted by atomic mass is 19.4. The second-order valence-electron chi connectivity index (χ2n) is 2.87. The topological polar surface area (TPSA) is 20.2 Å². The summed E-state index contributed by atoms with van der Waals surface area (Å²) < 4.78 is 35.8. The zero-order valence-corrected chi connectivity index (χ0v) is 7.02. The van der Waals surface area contributed by atoms with Gasteiger partial charge in [0, 0.05) is 5.56 Å². The van der Waals surface area contributed by atoms with E-state index >= 15 is 0 Å². The van der Waals surface area contributed by atoms with Crippen LogP contribution in [0.15, 0.2) is 18.2 Å². The minimum absolute atomic E-state index is 0.0764. The molecule has 0 atom stereocenters. The predicted molar refractivity (Wildman–Crippen MR) is 42.6 cm³/mol. The number of phenolic OH excluding ortho intramolecular Hbond substituents is 1. The number of hydrogen-bond acceptors (Lipinski definition) is 1. The Morgan fingerprint density at radius 1 is 1.31 bits per heavy atom. The van der Waals surface area contributed by atoms with Gasteiger partial charge >= 0.3 is 6.18 Å². The zero-order valence-electron chi connectivity index (χ0n) is 7.02. The Morgan fingerprint density at radius 3 is 2.46 bits per heavy atom. The monoisotopic (exact) mass is 190 g/mol. The largest absolute Gasteiger partial charge is 0.507 e. The fraction of sp³-hybridized carbons (Fsp3) is 0.333. The first kappa shape index (κ1) is 9.89.